The third-order valence-corrected chi connectivity index (χ3v) is 2.19. The van der Waals surface area contributed by atoms with Crippen LogP contribution < -0.4 is 0 Å². The highest BCUT2D eigenvalue weighted by atomic mass is 15.1. The van der Waals surface area contributed by atoms with E-state index in [2.05, 4.69) is 4.98 Å². The van der Waals surface area contributed by atoms with E-state index in [1.807, 2.05) is 42.5 Å². The number of hydrogen-bond donors (Lipinski definition) is 0. The largest absolute Gasteiger partial charge is 0.317 e. The summed E-state index contributed by atoms with van der Waals surface area (Å²) in [6, 6.07) is 13.6. The molecule has 0 N–H and O–H groups in total. The molecule has 0 saturated carbocycles. The molecule has 1 heterocycles. The van der Waals surface area contributed by atoms with Gasteiger partial charge in [-0.3, -0.25) is 0 Å². The summed E-state index contributed by atoms with van der Waals surface area (Å²) in [7, 11) is 0. The van der Waals surface area contributed by atoms with Crippen LogP contribution in [0.25, 0.3) is 0 Å². The summed E-state index contributed by atoms with van der Waals surface area (Å²) in [5.74, 6) is 0.264. The van der Waals surface area contributed by atoms with E-state index in [-0.39, 0.29) is 11.5 Å². The molecule has 4 heteroatoms. The first-order valence-electron chi connectivity index (χ1n) is 4.75. The van der Waals surface area contributed by atoms with Gasteiger partial charge in [-0.25, -0.2) is 4.98 Å². The monoisotopic (exact) mass is 208 g/mol. The van der Waals surface area contributed by atoms with Gasteiger partial charge in [0.1, 0.15) is 12.1 Å². The fraction of sp³-hybridized carbons (Fsp3) is 0.0833. The Morgan fingerprint density at radius 3 is 2.50 bits per heavy atom. The maximum Gasteiger partial charge on any atom is 0.214 e. The Balaban J connectivity index is 2.32. The van der Waals surface area contributed by atoms with Gasteiger partial charge < -0.3 is 4.57 Å². The van der Waals surface area contributed by atoms with Crippen molar-refractivity contribution in [2.45, 2.75) is 6.54 Å². The van der Waals surface area contributed by atoms with Crippen molar-refractivity contribution >= 4 is 0 Å². The van der Waals surface area contributed by atoms with Crippen LogP contribution in [0.4, 0.5) is 0 Å². The van der Waals surface area contributed by atoms with Gasteiger partial charge in [0.25, 0.3) is 0 Å². The van der Waals surface area contributed by atoms with Gasteiger partial charge in [0.15, 0.2) is 5.69 Å². The van der Waals surface area contributed by atoms with Gasteiger partial charge in [0.2, 0.25) is 5.82 Å². The van der Waals surface area contributed by atoms with E-state index in [0.717, 1.165) is 5.56 Å². The highest BCUT2D eigenvalue weighted by Crippen LogP contribution is 2.07. The molecule has 0 bridgehead atoms. The molecule has 0 radical (unpaired) electrons. The normalized spacial score (nSPS) is 9.38. The van der Waals surface area contributed by atoms with Gasteiger partial charge in [0, 0.05) is 12.7 Å². The quantitative estimate of drug-likeness (QED) is 0.754. The molecule has 0 spiro atoms. The van der Waals surface area contributed by atoms with Crippen molar-refractivity contribution in [1.82, 2.24) is 9.55 Å². The Kier molecular flexibility index (Phi) is 2.67. The summed E-state index contributed by atoms with van der Waals surface area (Å²) >= 11 is 0. The van der Waals surface area contributed by atoms with Crippen molar-refractivity contribution in [3.05, 3.63) is 53.6 Å². The third-order valence-electron chi connectivity index (χ3n) is 2.19. The lowest BCUT2D eigenvalue weighted by molar-refractivity contribution is 0.782. The van der Waals surface area contributed by atoms with Gasteiger partial charge in [-0.2, -0.15) is 10.5 Å². The van der Waals surface area contributed by atoms with Crippen molar-refractivity contribution in [3.63, 3.8) is 0 Å². The molecule has 0 aliphatic heterocycles. The minimum absolute atomic E-state index is 0.264. The van der Waals surface area contributed by atoms with Crippen LogP contribution in [-0.2, 0) is 6.54 Å². The maximum absolute atomic E-state index is 8.86. The maximum atomic E-state index is 8.86. The second-order valence-electron chi connectivity index (χ2n) is 3.29. The molecule has 0 unspecified atom stereocenters. The standard InChI is InChI=1S/C12H8N4/c13-6-11-9-16(12(7-14)15-11)8-10-4-2-1-3-5-10/h1-5,9H,8H2. The summed E-state index contributed by atoms with van der Waals surface area (Å²) in [6.07, 6.45) is 1.59. The number of imidazole rings is 1. The number of benzene rings is 1. The van der Waals surface area contributed by atoms with Crippen molar-refractivity contribution in [2.75, 3.05) is 0 Å². The SMILES string of the molecule is N#Cc1cn(Cc2ccccc2)c(C#N)n1. The van der Waals surface area contributed by atoms with E-state index in [4.69, 9.17) is 10.5 Å². The highest BCUT2D eigenvalue weighted by Gasteiger charge is 2.06. The van der Waals surface area contributed by atoms with E-state index in [1.54, 1.807) is 10.8 Å². The van der Waals surface area contributed by atoms with E-state index < -0.39 is 0 Å². The summed E-state index contributed by atoms with van der Waals surface area (Å²) < 4.78 is 1.67. The van der Waals surface area contributed by atoms with E-state index in [0.29, 0.717) is 6.54 Å². The number of rotatable bonds is 2. The summed E-state index contributed by atoms with van der Waals surface area (Å²) in [5.41, 5.74) is 1.34. The van der Waals surface area contributed by atoms with Crippen LogP contribution in [0.3, 0.4) is 0 Å². The van der Waals surface area contributed by atoms with Crippen molar-refractivity contribution < 1.29 is 0 Å². The Labute approximate surface area is 93.0 Å². The zero-order chi connectivity index (χ0) is 11.4. The Morgan fingerprint density at radius 2 is 1.88 bits per heavy atom. The smallest absolute Gasteiger partial charge is 0.214 e. The third kappa shape index (κ3) is 1.92. The second-order valence-corrected chi connectivity index (χ2v) is 3.29. The average Bonchev–Trinajstić information content (AvgIpc) is 2.73. The van der Waals surface area contributed by atoms with Crippen LogP contribution in [0.1, 0.15) is 17.1 Å². The Morgan fingerprint density at radius 1 is 1.12 bits per heavy atom. The predicted octanol–water partition coefficient (Wildman–Crippen LogP) is 1.67. The molecule has 1 aromatic heterocycles. The molecule has 16 heavy (non-hydrogen) atoms. The van der Waals surface area contributed by atoms with Crippen LogP contribution in [0.15, 0.2) is 36.5 Å². The van der Waals surface area contributed by atoms with Crippen LogP contribution in [0, 0.1) is 22.7 Å². The number of hydrogen-bond acceptors (Lipinski definition) is 3. The molecule has 0 aliphatic carbocycles. The number of nitrogens with zero attached hydrogens (tertiary/aromatic N) is 4. The second kappa shape index (κ2) is 4.29. The molecule has 76 valence electrons. The summed E-state index contributed by atoms with van der Waals surface area (Å²) in [4.78, 5) is 3.88. The minimum Gasteiger partial charge on any atom is -0.317 e. The molecule has 2 aromatic rings. The number of aromatic nitrogens is 2. The van der Waals surface area contributed by atoms with Crippen LogP contribution in [0.2, 0.25) is 0 Å². The zero-order valence-corrected chi connectivity index (χ0v) is 8.46. The molecular weight excluding hydrogens is 200 g/mol. The molecule has 0 fully saturated rings. The molecule has 0 atom stereocenters. The van der Waals surface area contributed by atoms with Crippen LogP contribution in [-0.4, -0.2) is 9.55 Å². The van der Waals surface area contributed by atoms with E-state index >= 15 is 0 Å². The fourth-order valence-corrected chi connectivity index (χ4v) is 1.46. The molecule has 4 nitrogen and oxygen atoms in total. The van der Waals surface area contributed by atoms with E-state index in [1.165, 1.54) is 0 Å². The Bertz CT molecular complexity index is 569. The fourth-order valence-electron chi connectivity index (χ4n) is 1.46. The molecule has 1 aromatic carbocycles. The molecule has 0 aliphatic rings. The molecule has 0 saturated heterocycles. The van der Waals surface area contributed by atoms with Crippen LogP contribution >= 0.6 is 0 Å². The first-order valence-corrected chi connectivity index (χ1v) is 4.75. The number of nitriles is 2. The van der Waals surface area contributed by atoms with Crippen molar-refractivity contribution in [1.29, 1.82) is 10.5 Å². The first kappa shape index (κ1) is 9.95. The molecule has 0 amide bonds. The average molecular weight is 208 g/mol. The summed E-state index contributed by atoms with van der Waals surface area (Å²) in [6.45, 7) is 0.554. The Hall–Kier alpha value is -2.59. The minimum atomic E-state index is 0.264. The van der Waals surface area contributed by atoms with Crippen molar-refractivity contribution in [3.8, 4) is 12.1 Å². The van der Waals surface area contributed by atoms with Gasteiger partial charge in [-0.15, -0.1) is 0 Å². The van der Waals surface area contributed by atoms with Gasteiger partial charge in [0.05, 0.1) is 0 Å². The molecular formula is C12H8N4. The van der Waals surface area contributed by atoms with Crippen LogP contribution in [0.5, 0.6) is 0 Å². The predicted molar refractivity (Wildman–Crippen MR) is 57.2 cm³/mol. The zero-order valence-electron chi connectivity index (χ0n) is 8.46. The topological polar surface area (TPSA) is 65.4 Å². The lowest BCUT2D eigenvalue weighted by Gasteiger charge is -2.02. The molecule has 2 rings (SSSR count). The van der Waals surface area contributed by atoms with Gasteiger partial charge >= 0.3 is 0 Å². The van der Waals surface area contributed by atoms with E-state index in [9.17, 15) is 0 Å². The van der Waals surface area contributed by atoms with Gasteiger partial charge in [-0.05, 0) is 5.56 Å². The highest BCUT2D eigenvalue weighted by molar-refractivity contribution is 5.26. The lowest BCUT2D eigenvalue weighted by atomic mass is 10.2. The lowest BCUT2D eigenvalue weighted by Crippen LogP contribution is -2.00. The first-order chi connectivity index (χ1) is 7.83. The summed E-state index contributed by atoms with van der Waals surface area (Å²) in [5, 5.41) is 17.6. The van der Waals surface area contributed by atoms with Crippen molar-refractivity contribution in [2.24, 2.45) is 0 Å². The van der Waals surface area contributed by atoms with Gasteiger partial charge in [-0.1, -0.05) is 30.3 Å².